The zero-order valence-corrected chi connectivity index (χ0v) is 18.2. The summed E-state index contributed by atoms with van der Waals surface area (Å²) in [7, 11) is 1.31. The average Bonchev–Trinajstić information content (AvgIpc) is 3.38. The zero-order valence-electron chi connectivity index (χ0n) is 17.4. The van der Waals surface area contributed by atoms with Gasteiger partial charge in [-0.2, -0.15) is 18.3 Å². The monoisotopic (exact) mass is 487 g/mol. The van der Waals surface area contributed by atoms with Crippen LogP contribution in [0.5, 0.6) is 0 Å². The number of pyridine rings is 1. The molecular formula is C20H20F5N6OS+. The Morgan fingerprint density at radius 2 is 1.91 bits per heavy atom. The zero-order chi connectivity index (χ0) is 23.9. The molecule has 1 fully saturated rings. The van der Waals surface area contributed by atoms with Gasteiger partial charge in [0.1, 0.15) is 22.7 Å². The maximum absolute atomic E-state index is 13.2. The topological polar surface area (TPSA) is 67.2 Å². The van der Waals surface area contributed by atoms with Gasteiger partial charge in [-0.25, -0.2) is 18.6 Å². The molecular weight excluding hydrogens is 467 g/mol. The van der Waals surface area contributed by atoms with Crippen LogP contribution in [0.15, 0.2) is 30.6 Å². The summed E-state index contributed by atoms with van der Waals surface area (Å²) in [4.78, 5) is 16.6. The van der Waals surface area contributed by atoms with E-state index in [4.69, 9.17) is 12.4 Å². The number of aromatic nitrogens is 4. The van der Waals surface area contributed by atoms with E-state index in [1.165, 1.54) is 13.2 Å². The van der Waals surface area contributed by atoms with Gasteiger partial charge in [0.05, 0.1) is 0 Å². The SMILES string of the molecule is Cn1cc(C(=O)[N+](=S)C2CCC(Nc3cccc4nc(C(F)F)cn34)CC2)c(C(F)(F)F)n1. The molecule has 0 spiro atoms. The molecule has 3 aromatic rings. The average molecular weight is 487 g/mol. The van der Waals surface area contributed by atoms with Gasteiger partial charge < -0.3 is 5.32 Å². The minimum Gasteiger partial charge on any atom is -0.368 e. The summed E-state index contributed by atoms with van der Waals surface area (Å²) in [6, 6.07) is 4.66. The van der Waals surface area contributed by atoms with Crippen LogP contribution in [0.4, 0.5) is 27.8 Å². The Hall–Kier alpha value is -2.96. The number of nitrogens with one attached hydrogen (secondary N) is 1. The molecule has 176 valence electrons. The number of imidazole rings is 1. The summed E-state index contributed by atoms with van der Waals surface area (Å²) in [5, 5.41) is 6.67. The van der Waals surface area contributed by atoms with E-state index in [1.807, 2.05) is 0 Å². The van der Waals surface area contributed by atoms with Crippen molar-refractivity contribution in [2.45, 2.75) is 50.4 Å². The number of amides is 1. The van der Waals surface area contributed by atoms with Crippen molar-refractivity contribution in [2.24, 2.45) is 7.05 Å². The molecule has 3 heterocycles. The third kappa shape index (κ3) is 4.72. The number of rotatable bonds is 5. The number of alkyl halides is 5. The van der Waals surface area contributed by atoms with Gasteiger partial charge in [-0.05, 0) is 25.0 Å². The Labute approximate surface area is 190 Å². The molecule has 1 aliphatic rings. The first kappa shape index (κ1) is 23.2. The molecule has 1 aliphatic carbocycles. The molecule has 1 N–H and O–H groups in total. The predicted octanol–water partition coefficient (Wildman–Crippen LogP) is 4.33. The first-order valence-electron chi connectivity index (χ1n) is 10.2. The Morgan fingerprint density at radius 3 is 2.55 bits per heavy atom. The van der Waals surface area contributed by atoms with Crippen LogP contribution >= 0.6 is 0 Å². The van der Waals surface area contributed by atoms with Crippen molar-refractivity contribution in [3.63, 3.8) is 0 Å². The molecule has 0 saturated heterocycles. The molecule has 1 saturated carbocycles. The summed E-state index contributed by atoms with van der Waals surface area (Å²) in [6.45, 7) is 0. The van der Waals surface area contributed by atoms with Crippen LogP contribution in [0.2, 0.25) is 0 Å². The van der Waals surface area contributed by atoms with Crippen molar-refractivity contribution in [2.75, 3.05) is 5.32 Å². The molecule has 1 amide bonds. The van der Waals surface area contributed by atoms with Crippen molar-refractivity contribution >= 4 is 29.8 Å². The first-order chi connectivity index (χ1) is 15.5. The fourth-order valence-corrected chi connectivity index (χ4v) is 4.36. The Balaban J connectivity index is 1.42. The number of aryl methyl sites for hydroxylation is 1. The van der Waals surface area contributed by atoms with Crippen molar-refractivity contribution in [1.82, 2.24) is 19.2 Å². The quantitative estimate of drug-likeness (QED) is 0.429. The smallest absolute Gasteiger partial charge is 0.368 e. The van der Waals surface area contributed by atoms with Gasteiger partial charge in [0.25, 0.3) is 18.9 Å². The number of hydrogen-bond donors (Lipinski definition) is 1. The normalized spacial score (nSPS) is 19.2. The molecule has 0 aliphatic heterocycles. The van der Waals surface area contributed by atoms with E-state index >= 15 is 0 Å². The molecule has 0 atom stereocenters. The van der Waals surface area contributed by atoms with Crippen LogP contribution in [0.3, 0.4) is 0 Å². The van der Waals surface area contributed by atoms with Crippen LogP contribution in [-0.4, -0.2) is 41.1 Å². The second-order valence-electron chi connectivity index (χ2n) is 7.95. The number of nitrogens with zero attached hydrogens (tertiary/aromatic N) is 5. The minimum absolute atomic E-state index is 0.0214. The number of carbonyl (C=O) groups excluding carboxylic acids is 1. The van der Waals surface area contributed by atoms with Crippen LogP contribution < -0.4 is 5.32 Å². The standard InChI is InChI=1S/C20H20F5N6OS/c1-29-9-13(17(28-29)20(23,24)25)19(32)31(33)12-7-5-11(6-8-12)26-15-3-2-4-16-27-14(18(21)22)10-30(15)16/h2-4,9-12,18,26H,5-8H2,1H3/q+1. The Bertz CT molecular complexity index is 1200. The highest BCUT2D eigenvalue weighted by molar-refractivity contribution is 7.44. The summed E-state index contributed by atoms with van der Waals surface area (Å²) < 4.78 is 69.0. The van der Waals surface area contributed by atoms with E-state index in [9.17, 15) is 26.7 Å². The van der Waals surface area contributed by atoms with Gasteiger partial charge in [0.15, 0.2) is 11.7 Å². The molecule has 7 nitrogen and oxygen atoms in total. The third-order valence-corrected chi connectivity index (χ3v) is 6.11. The highest BCUT2D eigenvalue weighted by Gasteiger charge is 2.44. The largest absolute Gasteiger partial charge is 0.437 e. The van der Waals surface area contributed by atoms with Gasteiger partial charge in [0, 0.05) is 38.3 Å². The maximum atomic E-state index is 13.2. The van der Waals surface area contributed by atoms with Crippen molar-refractivity contribution < 1.29 is 30.7 Å². The van der Waals surface area contributed by atoms with E-state index in [0.717, 1.165) is 14.8 Å². The molecule has 13 heteroatoms. The van der Waals surface area contributed by atoms with Crippen LogP contribution in [-0.2, 0) is 25.6 Å². The molecule has 0 radical (unpaired) electrons. The van der Waals surface area contributed by atoms with Gasteiger partial charge in [0.2, 0.25) is 0 Å². The van der Waals surface area contributed by atoms with Gasteiger partial charge in [-0.1, -0.05) is 10.0 Å². The lowest BCUT2D eigenvalue weighted by molar-refractivity contribution is -0.448. The number of halogens is 5. The van der Waals surface area contributed by atoms with Crippen LogP contribution in [0.1, 0.15) is 53.9 Å². The fraction of sp³-hybridized carbons (Fsp3) is 0.450. The minimum atomic E-state index is -4.76. The lowest BCUT2D eigenvalue weighted by Gasteiger charge is -2.26. The molecule has 3 aromatic heterocycles. The molecule has 0 bridgehead atoms. The maximum Gasteiger partial charge on any atom is 0.437 e. The Kier molecular flexibility index (Phi) is 6.16. The number of hydrogen-bond acceptors (Lipinski definition) is 5. The van der Waals surface area contributed by atoms with Crippen molar-refractivity contribution in [3.8, 4) is 0 Å². The van der Waals surface area contributed by atoms with Crippen molar-refractivity contribution in [3.05, 3.63) is 47.5 Å². The lowest BCUT2D eigenvalue weighted by Crippen LogP contribution is -2.37. The molecule has 4 rings (SSSR count). The number of carbonyl (C=O) groups is 1. The predicted molar refractivity (Wildman–Crippen MR) is 110 cm³/mol. The first-order valence-corrected chi connectivity index (χ1v) is 10.6. The Morgan fingerprint density at radius 1 is 1.21 bits per heavy atom. The van der Waals surface area contributed by atoms with E-state index in [2.05, 4.69) is 15.4 Å². The molecule has 0 unspecified atom stereocenters. The van der Waals surface area contributed by atoms with E-state index < -0.39 is 35.8 Å². The number of anilines is 1. The van der Waals surface area contributed by atoms with E-state index in [1.54, 1.807) is 22.6 Å². The van der Waals surface area contributed by atoms with Crippen LogP contribution in [0, 0.1) is 0 Å². The summed E-state index contributed by atoms with van der Waals surface area (Å²) in [5.74, 6) is -0.295. The van der Waals surface area contributed by atoms with Gasteiger partial charge in [-0.3, -0.25) is 9.08 Å². The molecule has 0 aromatic carbocycles. The lowest BCUT2D eigenvalue weighted by atomic mass is 9.91. The van der Waals surface area contributed by atoms with E-state index in [-0.39, 0.29) is 11.7 Å². The fourth-order valence-electron chi connectivity index (χ4n) is 4.06. The van der Waals surface area contributed by atoms with Gasteiger partial charge >= 0.3 is 12.1 Å². The summed E-state index contributed by atoms with van der Waals surface area (Å²) in [5.41, 5.74) is -1.75. The summed E-state index contributed by atoms with van der Waals surface area (Å²) in [6.07, 6.45) is -2.98. The second-order valence-corrected chi connectivity index (χ2v) is 8.34. The van der Waals surface area contributed by atoms with Gasteiger partial charge in [-0.15, -0.1) is 0 Å². The van der Waals surface area contributed by atoms with Crippen LogP contribution in [0.25, 0.3) is 5.65 Å². The summed E-state index contributed by atoms with van der Waals surface area (Å²) >= 11 is 5.19. The highest BCUT2D eigenvalue weighted by Crippen LogP contribution is 2.32. The second kappa shape index (κ2) is 8.76. The highest BCUT2D eigenvalue weighted by atomic mass is 32.1. The number of fused-ring (bicyclic) bond motifs is 1. The molecule has 33 heavy (non-hydrogen) atoms. The third-order valence-electron chi connectivity index (χ3n) is 5.64. The van der Waals surface area contributed by atoms with Crippen molar-refractivity contribution in [1.29, 1.82) is 0 Å². The van der Waals surface area contributed by atoms with E-state index in [0.29, 0.717) is 37.1 Å².